The van der Waals surface area contributed by atoms with Gasteiger partial charge < -0.3 is 4.74 Å². The lowest BCUT2D eigenvalue weighted by Gasteiger charge is -2.35. The molecule has 2 rings (SSSR count). The molecule has 0 aliphatic carbocycles. The van der Waals surface area contributed by atoms with Crippen molar-refractivity contribution >= 4 is 12.4 Å². The number of hydrogen-bond acceptors (Lipinski definition) is 2. The summed E-state index contributed by atoms with van der Waals surface area (Å²) in [5.74, 6) is 2.15. The molecule has 1 aliphatic rings. The second-order valence-electron chi connectivity index (χ2n) is 7.16. The van der Waals surface area contributed by atoms with E-state index in [1.165, 1.54) is 36.9 Å². The number of piperidine rings is 1. The van der Waals surface area contributed by atoms with Gasteiger partial charge >= 0.3 is 0 Å². The summed E-state index contributed by atoms with van der Waals surface area (Å²) in [5, 5.41) is 0. The van der Waals surface area contributed by atoms with E-state index in [-0.39, 0.29) is 12.4 Å². The molecule has 0 bridgehead atoms. The first kappa shape index (κ1) is 20.3. The zero-order chi connectivity index (χ0) is 16.1. The van der Waals surface area contributed by atoms with Crippen LogP contribution in [0.4, 0.5) is 0 Å². The molecule has 1 aromatic rings. The molecule has 3 heteroatoms. The van der Waals surface area contributed by atoms with Crippen molar-refractivity contribution in [3.8, 4) is 5.75 Å². The Kier molecular flexibility index (Phi) is 8.42. The normalized spacial score (nSPS) is 19.0. The first-order valence-corrected chi connectivity index (χ1v) is 9.04. The van der Waals surface area contributed by atoms with Gasteiger partial charge in [0.2, 0.25) is 0 Å². The molecule has 1 unspecified atom stereocenters. The van der Waals surface area contributed by atoms with Gasteiger partial charge in [-0.25, -0.2) is 0 Å². The molecular weight excluding hydrogens is 306 g/mol. The molecule has 1 saturated heterocycles. The van der Waals surface area contributed by atoms with Gasteiger partial charge in [0, 0.05) is 6.04 Å². The number of nitrogens with zero attached hydrogens (tertiary/aromatic N) is 1. The third kappa shape index (κ3) is 5.12. The minimum Gasteiger partial charge on any atom is -0.491 e. The predicted octanol–water partition coefficient (Wildman–Crippen LogP) is 5.61. The van der Waals surface area contributed by atoms with Crippen LogP contribution in [0, 0.1) is 0 Å². The van der Waals surface area contributed by atoms with E-state index < -0.39 is 0 Å². The van der Waals surface area contributed by atoms with Crippen molar-refractivity contribution in [3.05, 3.63) is 29.3 Å². The van der Waals surface area contributed by atoms with E-state index in [2.05, 4.69) is 57.7 Å². The van der Waals surface area contributed by atoms with E-state index in [1.54, 1.807) is 0 Å². The number of benzene rings is 1. The molecule has 1 atom stereocenters. The first-order chi connectivity index (χ1) is 10.5. The lowest BCUT2D eigenvalue weighted by molar-refractivity contribution is 0.104. The lowest BCUT2D eigenvalue weighted by atomic mass is 9.94. The van der Waals surface area contributed by atoms with Crippen molar-refractivity contribution in [2.45, 2.75) is 71.8 Å². The summed E-state index contributed by atoms with van der Waals surface area (Å²) in [6.07, 6.45) is 3.95. The molecule has 1 aromatic carbocycles. The number of para-hydroxylation sites is 1. The van der Waals surface area contributed by atoms with Crippen molar-refractivity contribution in [2.24, 2.45) is 0 Å². The average molecular weight is 340 g/mol. The van der Waals surface area contributed by atoms with Crippen molar-refractivity contribution in [1.82, 2.24) is 4.90 Å². The summed E-state index contributed by atoms with van der Waals surface area (Å²) in [5.41, 5.74) is 2.70. The number of likely N-dealkylation sites (N-methyl/N-ethyl adjacent to an activating group) is 1. The van der Waals surface area contributed by atoms with Crippen LogP contribution < -0.4 is 4.74 Å². The van der Waals surface area contributed by atoms with Crippen LogP contribution in [-0.2, 0) is 0 Å². The van der Waals surface area contributed by atoms with Gasteiger partial charge in [0.05, 0.1) is 0 Å². The Morgan fingerprint density at radius 1 is 1.09 bits per heavy atom. The molecule has 1 heterocycles. The van der Waals surface area contributed by atoms with Crippen molar-refractivity contribution in [1.29, 1.82) is 0 Å². The van der Waals surface area contributed by atoms with Gasteiger partial charge in [-0.05, 0) is 48.9 Å². The second-order valence-corrected chi connectivity index (χ2v) is 7.16. The maximum Gasteiger partial charge on any atom is 0.126 e. The Bertz CT molecular complexity index is 446. The fourth-order valence-electron chi connectivity index (χ4n) is 3.49. The minimum atomic E-state index is 0. The summed E-state index contributed by atoms with van der Waals surface area (Å²) >= 11 is 0. The van der Waals surface area contributed by atoms with Gasteiger partial charge in [-0.15, -0.1) is 12.4 Å². The molecule has 23 heavy (non-hydrogen) atoms. The third-order valence-electron chi connectivity index (χ3n) is 4.90. The monoisotopic (exact) mass is 339 g/mol. The van der Waals surface area contributed by atoms with E-state index >= 15 is 0 Å². The van der Waals surface area contributed by atoms with E-state index in [4.69, 9.17) is 4.74 Å². The van der Waals surface area contributed by atoms with Crippen LogP contribution in [0.5, 0.6) is 5.75 Å². The maximum atomic E-state index is 6.42. The molecule has 0 spiro atoms. The maximum absolute atomic E-state index is 6.42. The highest BCUT2D eigenvalue weighted by Crippen LogP contribution is 2.35. The van der Waals surface area contributed by atoms with Gasteiger partial charge in [-0.2, -0.15) is 0 Å². The molecule has 132 valence electrons. The van der Waals surface area contributed by atoms with Crippen LogP contribution in [0.3, 0.4) is 0 Å². The minimum absolute atomic E-state index is 0. The largest absolute Gasteiger partial charge is 0.491 e. The lowest BCUT2D eigenvalue weighted by Crippen LogP contribution is -2.43. The van der Waals surface area contributed by atoms with E-state index in [9.17, 15) is 0 Å². The van der Waals surface area contributed by atoms with Gasteiger partial charge in [0.15, 0.2) is 0 Å². The van der Waals surface area contributed by atoms with Gasteiger partial charge in [0.1, 0.15) is 12.4 Å². The molecule has 1 fully saturated rings. The van der Waals surface area contributed by atoms with Crippen molar-refractivity contribution < 1.29 is 4.74 Å². The summed E-state index contributed by atoms with van der Waals surface area (Å²) < 4.78 is 6.42. The summed E-state index contributed by atoms with van der Waals surface area (Å²) in [4.78, 5) is 2.58. The van der Waals surface area contributed by atoms with Crippen LogP contribution in [0.15, 0.2) is 18.2 Å². The Balaban J connectivity index is 0.00000264. The number of rotatable bonds is 6. The molecule has 0 radical (unpaired) electrons. The second kappa shape index (κ2) is 9.54. The molecule has 1 aliphatic heterocycles. The Morgan fingerprint density at radius 3 is 2.22 bits per heavy atom. The third-order valence-corrected chi connectivity index (χ3v) is 4.90. The van der Waals surface area contributed by atoms with Crippen LogP contribution in [0.1, 0.15) is 76.8 Å². The zero-order valence-corrected chi connectivity index (χ0v) is 16.3. The van der Waals surface area contributed by atoms with E-state index in [1.807, 2.05) is 0 Å². The van der Waals surface area contributed by atoms with E-state index in [0.29, 0.717) is 17.9 Å². The molecular formula is C20H34ClNO. The van der Waals surface area contributed by atoms with Gasteiger partial charge in [-0.1, -0.05) is 59.2 Å². The predicted molar refractivity (Wildman–Crippen MR) is 102 cm³/mol. The smallest absolute Gasteiger partial charge is 0.126 e. The molecule has 2 nitrogen and oxygen atoms in total. The molecule has 0 aromatic heterocycles. The Hall–Kier alpha value is -0.730. The highest BCUT2D eigenvalue weighted by atomic mass is 35.5. The fourth-order valence-corrected chi connectivity index (χ4v) is 3.49. The number of halogens is 1. The first-order valence-electron chi connectivity index (χ1n) is 9.04. The number of ether oxygens (including phenoxy) is 1. The fraction of sp³-hybridized carbons (Fsp3) is 0.700. The summed E-state index contributed by atoms with van der Waals surface area (Å²) in [6.45, 7) is 14.5. The summed E-state index contributed by atoms with van der Waals surface area (Å²) in [6, 6.07) is 7.21. The SMILES string of the molecule is CCN1CCCCC1COc1c(C(C)C)cccc1C(C)C.Cl. The van der Waals surface area contributed by atoms with Crippen LogP contribution in [0.2, 0.25) is 0 Å². The average Bonchev–Trinajstić information content (AvgIpc) is 2.52. The number of likely N-dealkylation sites (tertiary alicyclic amines) is 1. The van der Waals surface area contributed by atoms with Crippen molar-refractivity contribution in [3.63, 3.8) is 0 Å². The summed E-state index contributed by atoms with van der Waals surface area (Å²) in [7, 11) is 0. The van der Waals surface area contributed by atoms with Gasteiger partial charge in [0.25, 0.3) is 0 Å². The van der Waals surface area contributed by atoms with Crippen LogP contribution in [0.25, 0.3) is 0 Å². The Labute approximate surface area is 149 Å². The van der Waals surface area contributed by atoms with Crippen LogP contribution in [-0.4, -0.2) is 30.6 Å². The highest BCUT2D eigenvalue weighted by molar-refractivity contribution is 5.85. The molecule has 0 N–H and O–H groups in total. The highest BCUT2D eigenvalue weighted by Gasteiger charge is 2.23. The molecule has 0 saturated carbocycles. The quantitative estimate of drug-likeness (QED) is 0.668. The van der Waals surface area contributed by atoms with E-state index in [0.717, 1.165) is 18.9 Å². The van der Waals surface area contributed by atoms with Crippen LogP contribution >= 0.6 is 12.4 Å². The topological polar surface area (TPSA) is 12.5 Å². The Morgan fingerprint density at radius 2 is 1.70 bits per heavy atom. The van der Waals surface area contributed by atoms with Gasteiger partial charge in [-0.3, -0.25) is 4.90 Å². The zero-order valence-electron chi connectivity index (χ0n) is 15.5. The molecule has 0 amide bonds. The number of hydrogen-bond donors (Lipinski definition) is 0. The van der Waals surface area contributed by atoms with Crippen molar-refractivity contribution in [2.75, 3.05) is 19.7 Å². The standard InChI is InChI=1S/C20H33NO.ClH/c1-6-21-13-8-7-10-17(21)14-22-20-18(15(2)3)11-9-12-19(20)16(4)5;/h9,11-12,15-17H,6-8,10,13-14H2,1-5H3;1H.